The van der Waals surface area contributed by atoms with Gasteiger partial charge in [-0.15, -0.1) is 0 Å². The lowest BCUT2D eigenvalue weighted by Gasteiger charge is -2.30. The molecule has 0 saturated carbocycles. The molecule has 0 saturated heterocycles. The Morgan fingerprint density at radius 2 is 1.74 bits per heavy atom. The van der Waals surface area contributed by atoms with Crippen LogP contribution >= 0.6 is 0 Å². The van der Waals surface area contributed by atoms with Crippen LogP contribution in [0.5, 0.6) is 0 Å². The maximum Gasteiger partial charge on any atom is 0.288 e. The molecule has 5 atom stereocenters. The van der Waals surface area contributed by atoms with Gasteiger partial charge in [-0.25, -0.2) is 4.98 Å². The van der Waals surface area contributed by atoms with E-state index in [0.717, 1.165) is 0 Å². The highest BCUT2D eigenvalue weighted by atomic mass is 32.2. The first-order valence-corrected chi connectivity index (χ1v) is 7.86. The molecule has 1 heterocycles. The Morgan fingerprint density at radius 3 is 2.22 bits per heavy atom. The van der Waals surface area contributed by atoms with E-state index in [0.29, 0.717) is 0 Å². The summed E-state index contributed by atoms with van der Waals surface area (Å²) in [5, 5.41) is 47.0. The van der Waals surface area contributed by atoms with Gasteiger partial charge in [0.05, 0.1) is 6.61 Å². The zero-order chi connectivity index (χ0) is 17.8. The highest BCUT2D eigenvalue weighted by Gasteiger charge is 2.40. The Kier molecular flexibility index (Phi) is 6.64. The lowest BCUT2D eigenvalue weighted by Crippen LogP contribution is -2.54. The molecule has 132 valence electrons. The largest absolute Gasteiger partial charge is 0.394 e. The number of nitrogens with one attached hydrogen (secondary N) is 1. The topological polar surface area (TPSA) is 206 Å². The highest BCUT2D eigenvalue weighted by Crippen LogP contribution is 2.17. The van der Waals surface area contributed by atoms with Gasteiger partial charge in [-0.3, -0.25) is 4.55 Å². The van der Waals surface area contributed by atoms with Crippen LogP contribution in [0.25, 0.3) is 0 Å². The Morgan fingerprint density at radius 1 is 1.13 bits per heavy atom. The molecule has 9 N–H and O–H groups in total. The number of aromatic nitrogens is 1. The Bertz CT molecular complexity index is 613. The van der Waals surface area contributed by atoms with Crippen LogP contribution in [-0.4, -0.2) is 79.9 Å². The molecule has 0 aliphatic carbocycles. The van der Waals surface area contributed by atoms with E-state index in [1.165, 1.54) is 18.2 Å². The van der Waals surface area contributed by atoms with E-state index < -0.39 is 46.5 Å². The van der Waals surface area contributed by atoms with Crippen molar-refractivity contribution in [2.45, 2.75) is 29.8 Å². The number of aliphatic hydroxyl groups excluding tert-OH is 5. The van der Waals surface area contributed by atoms with Gasteiger partial charge >= 0.3 is 0 Å². The van der Waals surface area contributed by atoms with Crippen molar-refractivity contribution in [1.29, 1.82) is 0 Å². The second-order valence-electron chi connectivity index (χ2n) is 4.75. The fourth-order valence-electron chi connectivity index (χ4n) is 1.73. The minimum absolute atomic E-state index is 0.0230. The average molecular weight is 353 g/mol. The third-order valence-corrected chi connectivity index (χ3v) is 4.01. The summed E-state index contributed by atoms with van der Waals surface area (Å²) in [6, 6.07) is 4.10. The summed E-state index contributed by atoms with van der Waals surface area (Å²) in [6.45, 7) is -0.939. The fourth-order valence-corrected chi connectivity index (χ4v) is 2.51. The third kappa shape index (κ3) is 5.24. The molecular formula is C11H19N3O8S. The maximum absolute atomic E-state index is 11.4. The second kappa shape index (κ2) is 7.83. The van der Waals surface area contributed by atoms with Gasteiger partial charge in [-0.05, 0) is 12.1 Å². The maximum atomic E-state index is 11.4. The molecule has 0 aliphatic heterocycles. The van der Waals surface area contributed by atoms with Gasteiger partial charge in [0.25, 0.3) is 10.1 Å². The minimum Gasteiger partial charge on any atom is -0.394 e. The molecular weight excluding hydrogens is 334 g/mol. The van der Waals surface area contributed by atoms with Crippen LogP contribution in [0.3, 0.4) is 0 Å². The molecule has 0 fully saturated rings. The van der Waals surface area contributed by atoms with Gasteiger partial charge in [-0.1, -0.05) is 6.07 Å². The summed E-state index contributed by atoms with van der Waals surface area (Å²) in [4.78, 5) is 3.71. The van der Waals surface area contributed by atoms with Gasteiger partial charge in [0.1, 0.15) is 36.1 Å². The summed E-state index contributed by atoms with van der Waals surface area (Å²) < 4.78 is 32.0. The van der Waals surface area contributed by atoms with Crippen LogP contribution in [0.1, 0.15) is 0 Å². The average Bonchev–Trinajstić information content (AvgIpc) is 2.48. The van der Waals surface area contributed by atoms with Crippen molar-refractivity contribution >= 4 is 21.8 Å². The van der Waals surface area contributed by atoms with Crippen molar-refractivity contribution < 1.29 is 38.5 Å². The van der Waals surface area contributed by atoms with Gasteiger partial charge in [0, 0.05) is 0 Å². The highest BCUT2D eigenvalue weighted by molar-refractivity contribution is 7.86. The van der Waals surface area contributed by atoms with E-state index in [2.05, 4.69) is 10.3 Å². The molecule has 23 heavy (non-hydrogen) atoms. The number of pyridine rings is 1. The molecule has 0 bridgehead atoms. The molecule has 5 unspecified atom stereocenters. The van der Waals surface area contributed by atoms with Crippen molar-refractivity contribution in [2.75, 3.05) is 17.7 Å². The first-order chi connectivity index (χ1) is 10.6. The molecule has 1 aromatic rings. The molecule has 0 aromatic carbocycles. The summed E-state index contributed by atoms with van der Waals surface area (Å²) in [7, 11) is -4.94. The predicted molar refractivity (Wildman–Crippen MR) is 78.7 cm³/mol. The number of anilines is 2. The van der Waals surface area contributed by atoms with Gasteiger partial charge in [0.2, 0.25) is 0 Å². The lowest BCUT2D eigenvalue weighted by molar-refractivity contribution is -0.114. The molecule has 0 spiro atoms. The van der Waals surface area contributed by atoms with Crippen molar-refractivity contribution in [3.8, 4) is 0 Å². The summed E-state index contributed by atoms with van der Waals surface area (Å²) in [6.07, 6.45) is -8.34. The van der Waals surface area contributed by atoms with Gasteiger partial charge < -0.3 is 36.6 Å². The molecule has 12 heteroatoms. The van der Waals surface area contributed by atoms with Crippen LogP contribution in [0.15, 0.2) is 18.2 Å². The molecule has 0 aliphatic rings. The quantitative estimate of drug-likeness (QED) is 0.217. The normalized spacial score (nSPS) is 18.7. The van der Waals surface area contributed by atoms with Crippen LogP contribution < -0.4 is 11.1 Å². The van der Waals surface area contributed by atoms with E-state index in [4.69, 9.17) is 10.8 Å². The lowest BCUT2D eigenvalue weighted by atomic mass is 10.0. The Balaban J connectivity index is 3.02. The third-order valence-electron chi connectivity index (χ3n) is 2.97. The summed E-state index contributed by atoms with van der Waals surface area (Å²) >= 11 is 0. The SMILES string of the molecule is Nc1cccc(NC(C(O)C(O)C(O)C(O)CO)S(=O)(=O)O)n1. The van der Waals surface area contributed by atoms with Gasteiger partial charge in [-0.2, -0.15) is 8.42 Å². The summed E-state index contributed by atoms with van der Waals surface area (Å²) in [5.41, 5.74) is 5.41. The number of rotatable bonds is 8. The van der Waals surface area contributed by atoms with Crippen LogP contribution in [-0.2, 0) is 10.1 Å². The zero-order valence-electron chi connectivity index (χ0n) is 11.8. The monoisotopic (exact) mass is 353 g/mol. The first-order valence-electron chi connectivity index (χ1n) is 6.36. The van der Waals surface area contributed by atoms with Crippen molar-refractivity contribution in [3.63, 3.8) is 0 Å². The molecule has 11 nitrogen and oxygen atoms in total. The van der Waals surface area contributed by atoms with Crippen molar-refractivity contribution in [3.05, 3.63) is 18.2 Å². The number of nitrogens with two attached hydrogens (primary N) is 1. The van der Waals surface area contributed by atoms with Crippen molar-refractivity contribution in [1.82, 2.24) is 4.98 Å². The molecule has 0 radical (unpaired) electrons. The molecule has 1 aromatic heterocycles. The fraction of sp³-hybridized carbons (Fsp3) is 0.545. The van der Waals surface area contributed by atoms with Crippen LogP contribution in [0.2, 0.25) is 0 Å². The number of aliphatic hydroxyl groups is 5. The van der Waals surface area contributed by atoms with E-state index in [-0.39, 0.29) is 11.6 Å². The molecule has 1 rings (SSSR count). The van der Waals surface area contributed by atoms with E-state index >= 15 is 0 Å². The smallest absolute Gasteiger partial charge is 0.288 e. The van der Waals surface area contributed by atoms with E-state index in [1.54, 1.807) is 0 Å². The number of nitrogen functional groups attached to an aromatic ring is 1. The second-order valence-corrected chi connectivity index (χ2v) is 6.29. The van der Waals surface area contributed by atoms with Gasteiger partial charge in [0.15, 0.2) is 5.37 Å². The predicted octanol–water partition coefficient (Wildman–Crippen LogP) is -3.27. The number of nitrogens with zero attached hydrogens (tertiary/aromatic N) is 1. The zero-order valence-corrected chi connectivity index (χ0v) is 12.6. The molecule has 0 amide bonds. The first kappa shape index (κ1) is 19.5. The number of hydrogen-bond donors (Lipinski definition) is 8. The van der Waals surface area contributed by atoms with E-state index in [1.807, 2.05) is 0 Å². The van der Waals surface area contributed by atoms with E-state index in [9.17, 15) is 33.4 Å². The van der Waals surface area contributed by atoms with Crippen molar-refractivity contribution in [2.24, 2.45) is 0 Å². The standard InChI is InChI=1S/C11H19N3O8S/c12-6-2-1-3-7(13-6)14-11(23(20,21)22)10(19)9(18)8(17)5(16)4-15/h1-3,5,8-11,15-19H,4H2,(H3,12,13,14)(H,20,21,22). The summed E-state index contributed by atoms with van der Waals surface area (Å²) in [5.74, 6) is -0.106. The number of hydrogen-bond acceptors (Lipinski definition) is 10. The van der Waals surface area contributed by atoms with Crippen LogP contribution in [0.4, 0.5) is 11.6 Å². The van der Waals surface area contributed by atoms with Crippen LogP contribution in [0, 0.1) is 0 Å². The Hall–Kier alpha value is -1.54. The minimum atomic E-state index is -4.94. The Labute approximate surface area is 131 Å².